The lowest BCUT2D eigenvalue weighted by atomic mass is 10.0. The van der Waals surface area contributed by atoms with Gasteiger partial charge in [0, 0.05) is 4.70 Å². The molecule has 0 fully saturated rings. The average molecular weight is 382 g/mol. The standard InChI is InChI=1S/C17H14BrClOS/c1-2-20-15-8-7-11(9-14(15)18)17(19)13-10-21-16-6-4-3-5-12(13)16/h3-10,17H,2H2,1H3. The quantitative estimate of drug-likeness (QED) is 0.476. The number of rotatable bonds is 4. The largest absolute Gasteiger partial charge is 0.493 e. The van der Waals surface area contributed by atoms with E-state index in [9.17, 15) is 0 Å². The first-order valence-electron chi connectivity index (χ1n) is 6.73. The molecule has 108 valence electrons. The second-order valence-corrected chi connectivity index (χ2v) is 6.87. The summed E-state index contributed by atoms with van der Waals surface area (Å²) in [6, 6.07) is 14.4. The summed E-state index contributed by atoms with van der Waals surface area (Å²) in [6.45, 7) is 2.62. The molecule has 0 radical (unpaired) electrons. The third-order valence-electron chi connectivity index (χ3n) is 3.33. The van der Waals surface area contributed by atoms with Crippen molar-refractivity contribution in [3.63, 3.8) is 0 Å². The highest BCUT2D eigenvalue weighted by Crippen LogP contribution is 2.39. The first kappa shape index (κ1) is 14.9. The number of ether oxygens (including phenoxy) is 1. The predicted octanol–water partition coefficient (Wildman–Crippen LogP) is 6.39. The van der Waals surface area contributed by atoms with Crippen molar-refractivity contribution in [3.8, 4) is 5.75 Å². The smallest absolute Gasteiger partial charge is 0.133 e. The maximum atomic E-state index is 6.70. The van der Waals surface area contributed by atoms with Gasteiger partial charge in [0.2, 0.25) is 0 Å². The summed E-state index contributed by atoms with van der Waals surface area (Å²) in [5.74, 6) is 0.847. The highest BCUT2D eigenvalue weighted by atomic mass is 79.9. The zero-order valence-corrected chi connectivity index (χ0v) is 14.6. The SMILES string of the molecule is CCOc1ccc(C(Cl)c2csc3ccccc23)cc1Br. The molecule has 0 saturated carbocycles. The first-order chi connectivity index (χ1) is 10.2. The molecular weight excluding hydrogens is 368 g/mol. The van der Waals surface area contributed by atoms with Gasteiger partial charge in [-0.05, 0) is 62.9 Å². The summed E-state index contributed by atoms with van der Waals surface area (Å²) in [5, 5.41) is 3.22. The molecule has 0 bridgehead atoms. The molecule has 0 spiro atoms. The zero-order chi connectivity index (χ0) is 14.8. The minimum absolute atomic E-state index is 0.159. The fraction of sp³-hybridized carbons (Fsp3) is 0.176. The van der Waals surface area contributed by atoms with Gasteiger partial charge in [-0.1, -0.05) is 24.3 Å². The average Bonchev–Trinajstić information content (AvgIpc) is 2.93. The molecule has 3 aromatic rings. The van der Waals surface area contributed by atoms with Crippen LogP contribution in [-0.2, 0) is 0 Å². The van der Waals surface area contributed by atoms with E-state index >= 15 is 0 Å². The summed E-state index contributed by atoms with van der Waals surface area (Å²) in [6.07, 6.45) is 0. The fourth-order valence-corrected chi connectivity index (χ4v) is 4.21. The normalized spacial score (nSPS) is 12.5. The minimum atomic E-state index is -0.159. The molecule has 3 rings (SSSR count). The molecular formula is C17H14BrClOS. The lowest BCUT2D eigenvalue weighted by Gasteiger charge is -2.12. The maximum Gasteiger partial charge on any atom is 0.133 e. The first-order valence-corrected chi connectivity index (χ1v) is 8.84. The summed E-state index contributed by atoms with van der Waals surface area (Å²) in [4.78, 5) is 0. The topological polar surface area (TPSA) is 9.23 Å². The van der Waals surface area contributed by atoms with Crippen molar-refractivity contribution in [2.24, 2.45) is 0 Å². The van der Waals surface area contributed by atoms with Crippen LogP contribution in [0.5, 0.6) is 5.75 Å². The van der Waals surface area contributed by atoms with Crippen LogP contribution in [0, 0.1) is 0 Å². The molecule has 1 unspecified atom stereocenters. The van der Waals surface area contributed by atoms with Crippen LogP contribution in [-0.4, -0.2) is 6.61 Å². The van der Waals surface area contributed by atoms with E-state index < -0.39 is 0 Å². The van der Waals surface area contributed by atoms with Gasteiger partial charge in [0.1, 0.15) is 5.75 Å². The van der Waals surface area contributed by atoms with Crippen molar-refractivity contribution in [3.05, 3.63) is 63.4 Å². The number of hydrogen-bond acceptors (Lipinski definition) is 2. The Morgan fingerprint density at radius 3 is 2.81 bits per heavy atom. The van der Waals surface area contributed by atoms with Crippen LogP contribution in [0.4, 0.5) is 0 Å². The number of fused-ring (bicyclic) bond motifs is 1. The number of benzene rings is 2. The monoisotopic (exact) mass is 380 g/mol. The molecule has 4 heteroatoms. The summed E-state index contributed by atoms with van der Waals surface area (Å²) in [5.41, 5.74) is 2.23. The Morgan fingerprint density at radius 2 is 2.05 bits per heavy atom. The number of hydrogen-bond donors (Lipinski definition) is 0. The van der Waals surface area contributed by atoms with Gasteiger partial charge < -0.3 is 4.74 Å². The molecule has 1 nitrogen and oxygen atoms in total. The van der Waals surface area contributed by atoms with Gasteiger partial charge in [-0.15, -0.1) is 22.9 Å². The van der Waals surface area contributed by atoms with E-state index in [4.69, 9.17) is 16.3 Å². The van der Waals surface area contributed by atoms with Gasteiger partial charge in [0.25, 0.3) is 0 Å². The zero-order valence-electron chi connectivity index (χ0n) is 11.5. The van der Waals surface area contributed by atoms with E-state index in [2.05, 4.69) is 45.6 Å². The predicted molar refractivity (Wildman–Crippen MR) is 94.8 cm³/mol. The van der Waals surface area contributed by atoms with Crippen LogP contribution in [0.1, 0.15) is 23.4 Å². The summed E-state index contributed by atoms with van der Waals surface area (Å²) < 4.78 is 7.75. The van der Waals surface area contributed by atoms with E-state index in [-0.39, 0.29) is 5.38 Å². The molecule has 0 saturated heterocycles. The highest BCUT2D eigenvalue weighted by molar-refractivity contribution is 9.10. The Hall–Kier alpha value is -1.03. The van der Waals surface area contributed by atoms with E-state index in [1.54, 1.807) is 11.3 Å². The van der Waals surface area contributed by atoms with Crippen molar-refractivity contribution in [1.29, 1.82) is 0 Å². The Labute approximate surface area is 141 Å². The van der Waals surface area contributed by atoms with Gasteiger partial charge >= 0.3 is 0 Å². The van der Waals surface area contributed by atoms with Crippen LogP contribution < -0.4 is 4.74 Å². The molecule has 0 aliphatic rings. The van der Waals surface area contributed by atoms with Gasteiger partial charge in [-0.3, -0.25) is 0 Å². The highest BCUT2D eigenvalue weighted by Gasteiger charge is 2.16. The number of alkyl halides is 1. The second-order valence-electron chi connectivity index (χ2n) is 4.67. The van der Waals surface area contributed by atoms with Crippen LogP contribution in [0.3, 0.4) is 0 Å². The third kappa shape index (κ3) is 2.96. The number of thiophene rings is 1. The van der Waals surface area contributed by atoms with Gasteiger partial charge in [-0.25, -0.2) is 0 Å². The molecule has 1 aromatic heterocycles. The third-order valence-corrected chi connectivity index (χ3v) is 5.42. The van der Waals surface area contributed by atoms with E-state index in [1.165, 1.54) is 10.1 Å². The lowest BCUT2D eigenvalue weighted by Crippen LogP contribution is -1.96. The maximum absolute atomic E-state index is 6.70. The van der Waals surface area contributed by atoms with E-state index in [0.29, 0.717) is 6.61 Å². The summed E-state index contributed by atoms with van der Waals surface area (Å²) in [7, 11) is 0. The van der Waals surface area contributed by atoms with Gasteiger partial charge in [0.05, 0.1) is 16.5 Å². The van der Waals surface area contributed by atoms with Crippen molar-refractivity contribution in [2.75, 3.05) is 6.61 Å². The van der Waals surface area contributed by atoms with Crippen molar-refractivity contribution in [2.45, 2.75) is 12.3 Å². The molecule has 0 amide bonds. The molecule has 0 N–H and O–H groups in total. The molecule has 0 aliphatic carbocycles. The van der Waals surface area contributed by atoms with Crippen molar-refractivity contribution >= 4 is 49.0 Å². The van der Waals surface area contributed by atoms with E-state index in [1.807, 2.05) is 25.1 Å². The van der Waals surface area contributed by atoms with Crippen LogP contribution in [0.25, 0.3) is 10.1 Å². The van der Waals surface area contributed by atoms with Gasteiger partial charge in [-0.2, -0.15) is 0 Å². The molecule has 0 aliphatic heterocycles. The van der Waals surface area contributed by atoms with Crippen LogP contribution >= 0.6 is 38.9 Å². The molecule has 21 heavy (non-hydrogen) atoms. The number of halogens is 2. The Balaban J connectivity index is 1.98. The van der Waals surface area contributed by atoms with E-state index in [0.717, 1.165) is 21.3 Å². The Morgan fingerprint density at radius 1 is 1.24 bits per heavy atom. The second kappa shape index (κ2) is 6.39. The van der Waals surface area contributed by atoms with Gasteiger partial charge in [0.15, 0.2) is 0 Å². The fourth-order valence-electron chi connectivity index (χ4n) is 2.32. The Bertz CT molecular complexity index is 768. The van der Waals surface area contributed by atoms with Crippen LogP contribution in [0.15, 0.2) is 52.3 Å². The Kier molecular flexibility index (Phi) is 4.53. The molecule has 1 heterocycles. The molecule has 2 aromatic carbocycles. The summed E-state index contributed by atoms with van der Waals surface area (Å²) >= 11 is 12.0. The van der Waals surface area contributed by atoms with Crippen molar-refractivity contribution < 1.29 is 4.74 Å². The lowest BCUT2D eigenvalue weighted by molar-refractivity contribution is 0.338. The van der Waals surface area contributed by atoms with Crippen molar-refractivity contribution in [1.82, 2.24) is 0 Å². The minimum Gasteiger partial charge on any atom is -0.493 e. The van der Waals surface area contributed by atoms with Crippen LogP contribution in [0.2, 0.25) is 0 Å². The molecule has 1 atom stereocenters.